The highest BCUT2D eigenvalue weighted by atomic mass is 16.5. The summed E-state index contributed by atoms with van der Waals surface area (Å²) < 4.78 is 5.17. The van der Waals surface area contributed by atoms with E-state index in [0.29, 0.717) is 5.88 Å². The molecule has 2 aliphatic rings. The number of benzene rings is 1. The second-order valence-corrected chi connectivity index (χ2v) is 6.82. The van der Waals surface area contributed by atoms with Crippen LogP contribution in [-0.2, 0) is 4.79 Å². The van der Waals surface area contributed by atoms with Gasteiger partial charge < -0.3 is 9.64 Å². The fourth-order valence-electron chi connectivity index (χ4n) is 3.74. The highest BCUT2D eigenvalue weighted by Gasteiger charge is 2.34. The second kappa shape index (κ2) is 7.73. The minimum atomic E-state index is -0.00792. The van der Waals surface area contributed by atoms with Crippen molar-refractivity contribution in [1.29, 1.82) is 0 Å². The van der Waals surface area contributed by atoms with Crippen LogP contribution < -0.4 is 9.64 Å². The molecule has 4 rings (SSSR count). The van der Waals surface area contributed by atoms with E-state index in [1.165, 1.54) is 6.33 Å². The molecule has 2 aliphatic heterocycles. The van der Waals surface area contributed by atoms with Crippen LogP contribution in [0.3, 0.4) is 0 Å². The highest BCUT2D eigenvalue weighted by molar-refractivity contribution is 5.82. The van der Waals surface area contributed by atoms with Crippen LogP contribution in [0, 0.1) is 5.92 Å². The SMILES string of the molecule is COc1cc(N2CCC(C(=O)N3N=CC[C@H]3c3ccccc3)CC2)ncn1. The average Bonchev–Trinajstić information content (AvgIpc) is 3.24. The molecule has 7 nitrogen and oxygen atoms in total. The van der Waals surface area contributed by atoms with Gasteiger partial charge in [-0.05, 0) is 18.4 Å². The number of carbonyl (C=O) groups excluding carboxylic acids is 1. The largest absolute Gasteiger partial charge is 0.481 e. The first-order chi connectivity index (χ1) is 13.3. The number of anilines is 1. The molecular weight excluding hydrogens is 342 g/mol. The molecule has 0 N–H and O–H groups in total. The van der Waals surface area contributed by atoms with Crippen molar-refractivity contribution in [2.45, 2.75) is 25.3 Å². The molecule has 0 bridgehead atoms. The number of hydrogen-bond donors (Lipinski definition) is 0. The molecule has 140 valence electrons. The van der Waals surface area contributed by atoms with Gasteiger partial charge in [0.25, 0.3) is 0 Å². The van der Waals surface area contributed by atoms with Crippen LogP contribution in [0.5, 0.6) is 5.88 Å². The van der Waals surface area contributed by atoms with Crippen molar-refractivity contribution in [1.82, 2.24) is 15.0 Å². The van der Waals surface area contributed by atoms with Gasteiger partial charge in [-0.1, -0.05) is 30.3 Å². The van der Waals surface area contributed by atoms with Gasteiger partial charge in [0.15, 0.2) is 0 Å². The number of hydrazone groups is 1. The van der Waals surface area contributed by atoms with E-state index < -0.39 is 0 Å². The molecular formula is C20H23N5O2. The van der Waals surface area contributed by atoms with Gasteiger partial charge in [-0.15, -0.1) is 0 Å². The quantitative estimate of drug-likeness (QED) is 0.833. The third-order valence-corrected chi connectivity index (χ3v) is 5.24. The molecule has 0 unspecified atom stereocenters. The standard InChI is InChI=1S/C20H23N5O2/c1-27-19-13-18(21-14-22-19)24-11-8-16(9-12-24)20(26)25-17(7-10-23-25)15-5-3-2-4-6-15/h2-6,10,13-14,16-17H,7-9,11-12H2,1H3/t17-/m0/s1. The zero-order valence-corrected chi connectivity index (χ0v) is 15.4. The van der Waals surface area contributed by atoms with Crippen molar-refractivity contribution in [3.8, 4) is 5.88 Å². The summed E-state index contributed by atoms with van der Waals surface area (Å²) in [4.78, 5) is 23.6. The number of methoxy groups -OCH3 is 1. The van der Waals surface area contributed by atoms with Crippen LogP contribution in [0.2, 0.25) is 0 Å². The number of amides is 1. The number of rotatable bonds is 4. The Labute approximate surface area is 158 Å². The van der Waals surface area contributed by atoms with E-state index in [-0.39, 0.29) is 17.9 Å². The summed E-state index contributed by atoms with van der Waals surface area (Å²) >= 11 is 0. The van der Waals surface area contributed by atoms with Crippen LogP contribution in [0.15, 0.2) is 47.8 Å². The molecule has 1 fully saturated rings. The van der Waals surface area contributed by atoms with Crippen molar-refractivity contribution < 1.29 is 9.53 Å². The number of aromatic nitrogens is 2. The third kappa shape index (κ3) is 3.63. The number of carbonyl (C=O) groups is 1. The Balaban J connectivity index is 1.40. The summed E-state index contributed by atoms with van der Waals surface area (Å²) in [5.74, 6) is 1.51. The predicted molar refractivity (Wildman–Crippen MR) is 103 cm³/mol. The maximum absolute atomic E-state index is 13.1. The Morgan fingerprint density at radius 1 is 1.15 bits per heavy atom. The van der Waals surface area contributed by atoms with E-state index in [9.17, 15) is 4.79 Å². The summed E-state index contributed by atoms with van der Waals surface area (Å²) in [5, 5.41) is 6.06. The van der Waals surface area contributed by atoms with Gasteiger partial charge in [0.1, 0.15) is 12.1 Å². The maximum Gasteiger partial charge on any atom is 0.246 e. The van der Waals surface area contributed by atoms with E-state index in [1.54, 1.807) is 12.1 Å². The van der Waals surface area contributed by atoms with Crippen LogP contribution in [0.1, 0.15) is 30.9 Å². The fourth-order valence-corrected chi connectivity index (χ4v) is 3.74. The summed E-state index contributed by atoms with van der Waals surface area (Å²) in [6, 6.07) is 12.0. The van der Waals surface area contributed by atoms with E-state index in [4.69, 9.17) is 4.74 Å². The molecule has 1 atom stereocenters. The van der Waals surface area contributed by atoms with Gasteiger partial charge in [-0.2, -0.15) is 5.10 Å². The van der Waals surface area contributed by atoms with Crippen LogP contribution in [0.25, 0.3) is 0 Å². The monoisotopic (exact) mass is 365 g/mol. The molecule has 3 heterocycles. The van der Waals surface area contributed by atoms with Crippen LogP contribution in [-0.4, -0.2) is 47.3 Å². The zero-order chi connectivity index (χ0) is 18.6. The maximum atomic E-state index is 13.1. The number of piperidine rings is 1. The molecule has 0 radical (unpaired) electrons. The number of hydrogen-bond acceptors (Lipinski definition) is 6. The lowest BCUT2D eigenvalue weighted by atomic mass is 9.94. The molecule has 1 saturated heterocycles. The summed E-state index contributed by atoms with van der Waals surface area (Å²) in [6.45, 7) is 1.56. The van der Waals surface area contributed by atoms with Gasteiger partial charge in [0, 0.05) is 37.7 Å². The first-order valence-electron chi connectivity index (χ1n) is 9.27. The minimum Gasteiger partial charge on any atom is -0.481 e. The molecule has 0 aliphatic carbocycles. The van der Waals surface area contributed by atoms with E-state index in [2.05, 4.69) is 32.1 Å². The lowest BCUT2D eigenvalue weighted by molar-refractivity contribution is -0.138. The first-order valence-corrected chi connectivity index (χ1v) is 9.27. The molecule has 7 heteroatoms. The smallest absolute Gasteiger partial charge is 0.246 e. The molecule has 1 aromatic carbocycles. The predicted octanol–water partition coefficient (Wildman–Crippen LogP) is 2.66. The highest BCUT2D eigenvalue weighted by Crippen LogP contribution is 2.32. The Kier molecular flexibility index (Phi) is 5.00. The Morgan fingerprint density at radius 3 is 2.67 bits per heavy atom. The van der Waals surface area contributed by atoms with E-state index in [1.807, 2.05) is 30.5 Å². The Hall–Kier alpha value is -2.96. The third-order valence-electron chi connectivity index (χ3n) is 5.24. The lowest BCUT2D eigenvalue weighted by Gasteiger charge is -2.34. The van der Waals surface area contributed by atoms with Gasteiger partial charge in [0.05, 0.1) is 13.2 Å². The Bertz CT molecular complexity index is 818. The molecule has 2 aromatic rings. The van der Waals surface area contributed by atoms with Crippen molar-refractivity contribution in [3.63, 3.8) is 0 Å². The van der Waals surface area contributed by atoms with Crippen LogP contribution in [0.4, 0.5) is 5.82 Å². The van der Waals surface area contributed by atoms with E-state index in [0.717, 1.165) is 43.7 Å². The van der Waals surface area contributed by atoms with Crippen molar-refractivity contribution in [2.75, 3.05) is 25.1 Å². The first kappa shape index (κ1) is 17.5. The minimum absolute atomic E-state index is 0.00792. The summed E-state index contributed by atoms with van der Waals surface area (Å²) in [5.41, 5.74) is 1.13. The number of nitrogens with zero attached hydrogens (tertiary/aromatic N) is 5. The van der Waals surface area contributed by atoms with E-state index >= 15 is 0 Å². The summed E-state index contributed by atoms with van der Waals surface area (Å²) in [6.07, 6.45) is 5.71. The second-order valence-electron chi connectivity index (χ2n) is 6.82. The topological polar surface area (TPSA) is 70.9 Å². The van der Waals surface area contributed by atoms with Crippen molar-refractivity contribution in [2.24, 2.45) is 11.0 Å². The Morgan fingerprint density at radius 2 is 1.93 bits per heavy atom. The van der Waals surface area contributed by atoms with Gasteiger partial charge in [-0.3, -0.25) is 4.79 Å². The van der Waals surface area contributed by atoms with Gasteiger partial charge >= 0.3 is 0 Å². The lowest BCUT2D eigenvalue weighted by Crippen LogP contribution is -2.41. The zero-order valence-electron chi connectivity index (χ0n) is 15.4. The van der Waals surface area contributed by atoms with Crippen LogP contribution >= 0.6 is 0 Å². The molecule has 0 spiro atoms. The van der Waals surface area contributed by atoms with Gasteiger partial charge in [0.2, 0.25) is 11.8 Å². The fraction of sp³-hybridized carbons (Fsp3) is 0.400. The number of ether oxygens (including phenoxy) is 1. The molecule has 27 heavy (non-hydrogen) atoms. The van der Waals surface area contributed by atoms with Gasteiger partial charge in [-0.25, -0.2) is 15.0 Å². The average molecular weight is 365 g/mol. The normalized spacial score (nSPS) is 20.1. The molecule has 1 amide bonds. The molecule has 0 saturated carbocycles. The molecule has 1 aromatic heterocycles. The summed E-state index contributed by atoms with van der Waals surface area (Å²) in [7, 11) is 1.59. The van der Waals surface area contributed by atoms with Crippen molar-refractivity contribution >= 4 is 17.9 Å². The van der Waals surface area contributed by atoms with Crippen molar-refractivity contribution in [3.05, 3.63) is 48.3 Å².